The Labute approximate surface area is 127 Å². The summed E-state index contributed by atoms with van der Waals surface area (Å²) in [7, 11) is 0. The summed E-state index contributed by atoms with van der Waals surface area (Å²) in [6.07, 6.45) is -1.05. The van der Waals surface area contributed by atoms with Crippen LogP contribution in [-0.4, -0.2) is 57.0 Å². The first-order chi connectivity index (χ1) is 10.7. The normalized spacial score (nSPS) is 19.5. The van der Waals surface area contributed by atoms with Gasteiger partial charge in [0.25, 0.3) is 11.8 Å². The van der Waals surface area contributed by atoms with Crippen LogP contribution < -0.4 is 0 Å². The summed E-state index contributed by atoms with van der Waals surface area (Å²) >= 11 is 0. The molecule has 0 spiro atoms. The molecular formula is C13H13F4N3O3. The van der Waals surface area contributed by atoms with Gasteiger partial charge in [-0.05, 0) is 18.1 Å². The number of rotatable bonds is 2. The number of likely N-dealkylation sites (tertiary alicyclic amines) is 1. The molecule has 0 saturated carbocycles. The summed E-state index contributed by atoms with van der Waals surface area (Å²) in [5, 5.41) is 8.97. The second-order valence-corrected chi connectivity index (χ2v) is 5.62. The minimum atomic E-state index is -3.06. The highest BCUT2D eigenvalue weighted by molar-refractivity contribution is 5.94. The van der Waals surface area contributed by atoms with Gasteiger partial charge in [0.15, 0.2) is 0 Å². The van der Waals surface area contributed by atoms with Crippen LogP contribution in [0.1, 0.15) is 28.3 Å². The Balaban J connectivity index is 1.93. The van der Waals surface area contributed by atoms with Crippen LogP contribution in [-0.2, 0) is 13.0 Å². The summed E-state index contributed by atoms with van der Waals surface area (Å²) in [5.74, 6) is -3.88. The summed E-state index contributed by atoms with van der Waals surface area (Å²) in [6.45, 7) is -4.80. The van der Waals surface area contributed by atoms with E-state index in [1.165, 1.54) is 6.07 Å². The van der Waals surface area contributed by atoms with Gasteiger partial charge in [-0.25, -0.2) is 13.6 Å². The van der Waals surface area contributed by atoms with Crippen molar-refractivity contribution in [3.8, 4) is 0 Å². The Morgan fingerprint density at radius 3 is 2.39 bits per heavy atom. The second kappa shape index (κ2) is 5.14. The molecule has 6 nitrogen and oxygen atoms in total. The van der Waals surface area contributed by atoms with Crippen molar-refractivity contribution in [3.63, 3.8) is 0 Å². The monoisotopic (exact) mass is 335 g/mol. The standard InChI is InChI=1S/C13H13F4N3O3/c14-11(15)20-8(10(21)19-5-13(16,17)6-19)3-7-1-2-18(12(22)23)4-9(7)20/h3,11H,1-2,4-6H2,(H,22,23). The average molecular weight is 335 g/mol. The first kappa shape index (κ1) is 15.6. The van der Waals surface area contributed by atoms with E-state index < -0.39 is 37.6 Å². The smallest absolute Gasteiger partial charge is 0.407 e. The maximum atomic E-state index is 13.4. The van der Waals surface area contributed by atoms with E-state index in [1.807, 2.05) is 0 Å². The topological polar surface area (TPSA) is 65.8 Å². The fraction of sp³-hybridized carbons (Fsp3) is 0.538. The van der Waals surface area contributed by atoms with Gasteiger partial charge in [-0.1, -0.05) is 0 Å². The first-order valence-electron chi connectivity index (χ1n) is 6.86. The van der Waals surface area contributed by atoms with E-state index in [0.717, 1.165) is 9.80 Å². The lowest BCUT2D eigenvalue weighted by atomic mass is 10.1. The maximum Gasteiger partial charge on any atom is 0.407 e. The third-order valence-electron chi connectivity index (χ3n) is 4.04. The Hall–Kier alpha value is -2.26. The number of carbonyl (C=O) groups excluding carboxylic acids is 1. The second-order valence-electron chi connectivity index (χ2n) is 5.62. The molecule has 10 heteroatoms. The van der Waals surface area contributed by atoms with E-state index in [1.54, 1.807) is 0 Å². The number of hydrogen-bond donors (Lipinski definition) is 1. The fourth-order valence-corrected chi connectivity index (χ4v) is 2.90. The number of carbonyl (C=O) groups is 2. The molecule has 3 heterocycles. The zero-order valence-corrected chi connectivity index (χ0v) is 11.8. The third-order valence-corrected chi connectivity index (χ3v) is 4.04. The number of carboxylic acid groups (broad SMARTS) is 1. The van der Waals surface area contributed by atoms with Crippen molar-refractivity contribution in [1.82, 2.24) is 14.4 Å². The SMILES string of the molecule is O=C(O)N1CCc2cc(C(=O)N3CC(F)(F)C3)n(C(F)F)c2C1. The van der Waals surface area contributed by atoms with Gasteiger partial charge in [-0.2, -0.15) is 8.78 Å². The molecule has 2 aliphatic rings. The summed E-state index contributed by atoms with van der Waals surface area (Å²) in [5.41, 5.74) is 0.0930. The number of aromatic nitrogens is 1. The van der Waals surface area contributed by atoms with Crippen molar-refractivity contribution in [1.29, 1.82) is 0 Å². The first-order valence-corrected chi connectivity index (χ1v) is 6.86. The molecule has 0 radical (unpaired) electrons. The van der Waals surface area contributed by atoms with E-state index in [4.69, 9.17) is 5.11 Å². The molecule has 1 fully saturated rings. The van der Waals surface area contributed by atoms with Gasteiger partial charge in [0.05, 0.1) is 19.6 Å². The number of amides is 2. The number of hydrogen-bond acceptors (Lipinski definition) is 2. The number of alkyl halides is 4. The highest BCUT2D eigenvalue weighted by Crippen LogP contribution is 2.32. The minimum absolute atomic E-state index is 0.0317. The Bertz CT molecular complexity index is 666. The van der Waals surface area contributed by atoms with Gasteiger partial charge in [-0.15, -0.1) is 0 Å². The van der Waals surface area contributed by atoms with Crippen molar-refractivity contribution >= 4 is 12.0 Å². The third kappa shape index (κ3) is 2.62. The van der Waals surface area contributed by atoms with Gasteiger partial charge in [0, 0.05) is 12.2 Å². The predicted molar refractivity (Wildman–Crippen MR) is 68.7 cm³/mol. The van der Waals surface area contributed by atoms with Gasteiger partial charge in [0.1, 0.15) is 5.69 Å². The van der Waals surface area contributed by atoms with Crippen molar-refractivity contribution in [3.05, 3.63) is 23.0 Å². The Morgan fingerprint density at radius 2 is 1.87 bits per heavy atom. The number of nitrogens with zero attached hydrogens (tertiary/aromatic N) is 3. The highest BCUT2D eigenvalue weighted by atomic mass is 19.3. The molecular weight excluding hydrogens is 322 g/mol. The van der Waals surface area contributed by atoms with Crippen LogP contribution in [0.4, 0.5) is 22.4 Å². The molecule has 126 valence electrons. The largest absolute Gasteiger partial charge is 0.465 e. The van der Waals surface area contributed by atoms with E-state index in [0.29, 0.717) is 10.1 Å². The van der Waals surface area contributed by atoms with Crippen LogP contribution in [0.15, 0.2) is 6.07 Å². The lowest BCUT2D eigenvalue weighted by Gasteiger charge is -2.38. The van der Waals surface area contributed by atoms with Crippen molar-refractivity contribution < 1.29 is 32.3 Å². The van der Waals surface area contributed by atoms with Crippen LogP contribution in [0, 0.1) is 0 Å². The molecule has 1 N–H and O–H groups in total. The molecule has 0 aliphatic carbocycles. The van der Waals surface area contributed by atoms with E-state index >= 15 is 0 Å². The lowest BCUT2D eigenvalue weighted by Crippen LogP contribution is -2.58. The maximum absolute atomic E-state index is 13.4. The molecule has 23 heavy (non-hydrogen) atoms. The molecule has 2 aliphatic heterocycles. The van der Waals surface area contributed by atoms with Crippen molar-refractivity contribution in [2.24, 2.45) is 0 Å². The number of fused-ring (bicyclic) bond motifs is 1. The van der Waals surface area contributed by atoms with Gasteiger partial charge in [-0.3, -0.25) is 9.36 Å². The molecule has 0 bridgehead atoms. The lowest BCUT2D eigenvalue weighted by molar-refractivity contribution is -0.113. The van der Waals surface area contributed by atoms with Crippen LogP contribution in [0.2, 0.25) is 0 Å². The van der Waals surface area contributed by atoms with Crippen LogP contribution >= 0.6 is 0 Å². The summed E-state index contributed by atoms with van der Waals surface area (Å²) < 4.78 is 52.9. The summed E-state index contributed by atoms with van der Waals surface area (Å²) in [4.78, 5) is 24.9. The van der Waals surface area contributed by atoms with Crippen LogP contribution in [0.5, 0.6) is 0 Å². The molecule has 1 saturated heterocycles. The quantitative estimate of drug-likeness (QED) is 0.841. The van der Waals surface area contributed by atoms with Gasteiger partial charge < -0.3 is 14.9 Å². The molecule has 1 aromatic heterocycles. The van der Waals surface area contributed by atoms with Gasteiger partial charge in [0.2, 0.25) is 0 Å². The van der Waals surface area contributed by atoms with Gasteiger partial charge >= 0.3 is 12.6 Å². The van der Waals surface area contributed by atoms with Crippen LogP contribution in [0.3, 0.4) is 0 Å². The van der Waals surface area contributed by atoms with Crippen molar-refractivity contribution in [2.75, 3.05) is 19.6 Å². The highest BCUT2D eigenvalue weighted by Gasteiger charge is 2.47. The molecule has 0 unspecified atom stereocenters. The van der Waals surface area contributed by atoms with E-state index in [2.05, 4.69) is 0 Å². The Morgan fingerprint density at radius 1 is 1.22 bits per heavy atom. The zero-order valence-electron chi connectivity index (χ0n) is 11.8. The number of halogens is 4. The minimum Gasteiger partial charge on any atom is -0.465 e. The van der Waals surface area contributed by atoms with Crippen LogP contribution in [0.25, 0.3) is 0 Å². The fourth-order valence-electron chi connectivity index (χ4n) is 2.90. The van der Waals surface area contributed by atoms with E-state index in [9.17, 15) is 27.2 Å². The molecule has 0 atom stereocenters. The molecule has 3 rings (SSSR count). The Kier molecular flexibility index (Phi) is 3.49. The van der Waals surface area contributed by atoms with E-state index in [-0.39, 0.29) is 30.9 Å². The van der Waals surface area contributed by atoms with Crippen molar-refractivity contribution in [2.45, 2.75) is 25.4 Å². The molecule has 2 amide bonds. The average Bonchev–Trinajstić information content (AvgIpc) is 2.82. The zero-order chi connectivity index (χ0) is 16.9. The summed E-state index contributed by atoms with van der Waals surface area (Å²) in [6, 6.07) is 1.25. The predicted octanol–water partition coefficient (Wildman–Crippen LogP) is 2.01. The molecule has 0 aromatic carbocycles. The molecule has 1 aromatic rings.